The molecule has 17 heavy (non-hydrogen) atoms. The van der Waals surface area contributed by atoms with E-state index in [0.29, 0.717) is 5.56 Å². The van der Waals surface area contributed by atoms with Gasteiger partial charge in [-0.1, -0.05) is 18.2 Å². The van der Waals surface area contributed by atoms with Crippen molar-refractivity contribution in [2.24, 2.45) is 0 Å². The maximum absolute atomic E-state index is 12.5. The van der Waals surface area contributed by atoms with Crippen molar-refractivity contribution in [3.05, 3.63) is 23.8 Å². The second-order valence-corrected chi connectivity index (χ2v) is 4.46. The molecule has 0 spiro atoms. The van der Waals surface area contributed by atoms with Crippen LogP contribution in [0.2, 0.25) is 0 Å². The molecule has 1 heterocycles. The average Bonchev–Trinajstić information content (AvgIpc) is 2.36. The first-order valence-corrected chi connectivity index (χ1v) is 4.89. The van der Waals surface area contributed by atoms with Crippen LogP contribution >= 0.6 is 0 Å². The van der Waals surface area contributed by atoms with Crippen LogP contribution in [0.25, 0.3) is 0 Å². The molecule has 1 N–H and O–H groups in total. The molecule has 0 fully saturated rings. The number of hydrogen-bond acceptors (Lipinski definition) is 1. The Bertz CT molecular complexity index is 473. The Kier molecular flexibility index (Phi) is 4.21. The van der Waals surface area contributed by atoms with Crippen LogP contribution in [-0.2, 0) is 10.2 Å². The minimum absolute atomic E-state index is 0. The van der Waals surface area contributed by atoms with E-state index in [9.17, 15) is 17.7 Å². The van der Waals surface area contributed by atoms with Crippen molar-refractivity contribution in [1.82, 2.24) is 0 Å². The Hall–Kier alpha value is 0.181. The maximum Gasteiger partial charge on any atom is 1.00 e. The van der Waals surface area contributed by atoms with Gasteiger partial charge in [-0.05, 0) is 19.4 Å². The predicted molar refractivity (Wildman–Crippen MR) is 56.8 cm³/mol. The third-order valence-electron chi connectivity index (χ3n) is 2.91. The molecule has 0 bridgehead atoms. The molecule has 7 heteroatoms. The fourth-order valence-electron chi connectivity index (χ4n) is 1.81. The monoisotopic (exact) mass is 267 g/mol. The number of fused-ring (bicyclic) bond motifs is 1. The normalized spacial score (nSPS) is 17.1. The number of carbonyl (C=O) groups excluding carboxylic acids is 1. The summed E-state index contributed by atoms with van der Waals surface area (Å²) in [5, 5.41) is 2.47. The van der Waals surface area contributed by atoms with Crippen molar-refractivity contribution in [3.63, 3.8) is 0 Å². The third kappa shape index (κ3) is 2.63. The largest absolute Gasteiger partial charge is 1.00 e. The van der Waals surface area contributed by atoms with Gasteiger partial charge in [0.2, 0.25) is 5.91 Å². The van der Waals surface area contributed by atoms with Crippen LogP contribution in [0.15, 0.2) is 18.2 Å². The zero-order chi connectivity index (χ0) is 12.1. The Morgan fingerprint density at radius 3 is 2.35 bits per heavy atom. The number of halogens is 3. The summed E-state index contributed by atoms with van der Waals surface area (Å²) in [4.78, 5) is 11.5. The molecule has 0 aliphatic carbocycles. The van der Waals surface area contributed by atoms with Gasteiger partial charge in [-0.15, -0.1) is 5.46 Å². The van der Waals surface area contributed by atoms with Gasteiger partial charge in [-0.25, -0.2) is 0 Å². The first kappa shape index (κ1) is 15.2. The van der Waals surface area contributed by atoms with Crippen molar-refractivity contribution in [3.8, 4) is 0 Å². The van der Waals surface area contributed by atoms with E-state index in [2.05, 4.69) is 5.32 Å². The van der Waals surface area contributed by atoms with Gasteiger partial charge in [0.05, 0.1) is 5.41 Å². The minimum Gasteiger partial charge on any atom is -0.445 e. The average molecular weight is 267 g/mol. The van der Waals surface area contributed by atoms with Gasteiger partial charge >= 0.3 is 58.4 Å². The van der Waals surface area contributed by atoms with Crippen molar-refractivity contribution in [2.45, 2.75) is 19.3 Å². The van der Waals surface area contributed by atoms with Gasteiger partial charge in [0.1, 0.15) is 0 Å². The van der Waals surface area contributed by atoms with E-state index in [1.807, 2.05) is 0 Å². The van der Waals surface area contributed by atoms with Gasteiger partial charge in [-0.3, -0.25) is 4.79 Å². The molecule has 1 amide bonds. The predicted octanol–water partition coefficient (Wildman–Crippen LogP) is -1.03. The fourth-order valence-corrected chi connectivity index (χ4v) is 1.81. The van der Waals surface area contributed by atoms with Crippen LogP contribution in [0.4, 0.5) is 18.6 Å². The van der Waals surface area contributed by atoms with E-state index >= 15 is 0 Å². The number of nitrogens with one attached hydrogen (secondary N) is 1. The van der Waals surface area contributed by atoms with Crippen LogP contribution in [0, 0.1) is 0 Å². The summed E-state index contributed by atoms with van der Waals surface area (Å²) in [5.41, 5.74) is -0.559. The molecule has 1 aliphatic heterocycles. The SMILES string of the molecule is CC1(C)C(=O)Nc2cc([B-](F)(F)F)ccc21.[K+]. The molecule has 0 radical (unpaired) electrons. The number of rotatable bonds is 1. The molecule has 1 aliphatic rings. The van der Waals surface area contributed by atoms with Crippen molar-refractivity contribution in [1.29, 1.82) is 0 Å². The first-order chi connectivity index (χ1) is 7.23. The molecule has 0 aromatic heterocycles. The van der Waals surface area contributed by atoms with Crippen LogP contribution in [0.5, 0.6) is 0 Å². The molecule has 0 saturated heterocycles. The summed E-state index contributed by atoms with van der Waals surface area (Å²) in [7, 11) is 0. The molecule has 2 nitrogen and oxygen atoms in total. The van der Waals surface area contributed by atoms with E-state index in [4.69, 9.17) is 0 Å². The minimum atomic E-state index is -5.02. The van der Waals surface area contributed by atoms with Crippen LogP contribution < -0.4 is 62.2 Å². The zero-order valence-electron chi connectivity index (χ0n) is 9.85. The molecule has 0 atom stereocenters. The molecule has 0 unspecified atom stereocenters. The molecule has 0 saturated carbocycles. The number of carbonyl (C=O) groups is 1. The van der Waals surface area contributed by atoms with Gasteiger partial charge < -0.3 is 18.3 Å². The quantitative estimate of drug-likeness (QED) is 0.648. The maximum atomic E-state index is 12.5. The number of anilines is 1. The summed E-state index contributed by atoms with van der Waals surface area (Å²) >= 11 is 0. The Morgan fingerprint density at radius 1 is 1.24 bits per heavy atom. The van der Waals surface area contributed by atoms with Crippen molar-refractivity contribution < 1.29 is 69.1 Å². The smallest absolute Gasteiger partial charge is 0.445 e. The molecule has 2 rings (SSSR count). The summed E-state index contributed by atoms with van der Waals surface area (Å²) < 4.78 is 37.5. The number of benzene rings is 1. The second-order valence-electron chi connectivity index (χ2n) is 4.46. The standard InChI is InChI=1S/C10H10BF3NO.K/c1-10(2)7-4-3-6(11(12,13)14)5-8(7)15-9(10)16;/h3-5H,1-2H3,(H,15,16);/q-1;+1. The van der Waals surface area contributed by atoms with Crippen LogP contribution in [0.3, 0.4) is 0 Å². The summed E-state index contributed by atoms with van der Waals surface area (Å²) in [6.07, 6.45) is 0. The van der Waals surface area contributed by atoms with E-state index in [0.717, 1.165) is 12.1 Å². The molecular formula is C10H10BF3KNO. The van der Waals surface area contributed by atoms with E-state index in [1.165, 1.54) is 6.07 Å². The van der Waals surface area contributed by atoms with Gasteiger partial charge in [0.15, 0.2) is 0 Å². The zero-order valence-corrected chi connectivity index (χ0v) is 13.0. The molecular weight excluding hydrogens is 257 g/mol. The molecule has 1 aromatic rings. The second kappa shape index (κ2) is 4.70. The van der Waals surface area contributed by atoms with E-state index in [1.54, 1.807) is 13.8 Å². The number of amides is 1. The van der Waals surface area contributed by atoms with Crippen LogP contribution in [-0.4, -0.2) is 12.9 Å². The summed E-state index contributed by atoms with van der Waals surface area (Å²) in [5.74, 6) is -0.269. The summed E-state index contributed by atoms with van der Waals surface area (Å²) in [6, 6.07) is 3.40. The fraction of sp³-hybridized carbons (Fsp3) is 0.300. The van der Waals surface area contributed by atoms with Crippen molar-refractivity contribution in [2.75, 3.05) is 5.32 Å². The first-order valence-electron chi connectivity index (χ1n) is 4.89. The van der Waals surface area contributed by atoms with Crippen LogP contribution in [0.1, 0.15) is 19.4 Å². The van der Waals surface area contributed by atoms with Gasteiger partial charge in [0.25, 0.3) is 0 Å². The summed E-state index contributed by atoms with van der Waals surface area (Å²) in [6.45, 7) is -1.64. The van der Waals surface area contributed by atoms with Gasteiger partial charge in [0, 0.05) is 5.69 Å². The Morgan fingerprint density at radius 2 is 1.82 bits per heavy atom. The Labute approximate surface area is 140 Å². The topological polar surface area (TPSA) is 29.1 Å². The molecule has 86 valence electrons. The molecule has 1 aromatic carbocycles. The van der Waals surface area contributed by atoms with Crippen molar-refractivity contribution >= 4 is 24.0 Å². The number of hydrogen-bond donors (Lipinski definition) is 1. The van der Waals surface area contributed by atoms with E-state index in [-0.39, 0.29) is 63.0 Å². The van der Waals surface area contributed by atoms with E-state index < -0.39 is 17.9 Å². The third-order valence-corrected chi connectivity index (χ3v) is 2.91. The van der Waals surface area contributed by atoms with Gasteiger partial charge in [-0.2, -0.15) is 0 Å². The Balaban J connectivity index is 0.00000144.